The van der Waals surface area contributed by atoms with Gasteiger partial charge in [-0.3, -0.25) is 4.90 Å². The van der Waals surface area contributed by atoms with Crippen LogP contribution < -0.4 is 15.8 Å². The third-order valence-corrected chi connectivity index (χ3v) is 5.45. The molecule has 1 atom stereocenters. The van der Waals surface area contributed by atoms with Crippen LogP contribution in [0.15, 0.2) is 36.7 Å². The number of piperidine rings is 1. The van der Waals surface area contributed by atoms with Crippen molar-refractivity contribution in [1.29, 1.82) is 5.26 Å². The number of ether oxygens (including phenoxy) is 1. The number of hydrogen-bond acceptors (Lipinski definition) is 7. The SMILES string of the molecule is Cc1cc(N)cc2ncnc(Nc3ccc(F)cc3O[C@@H]3CCCN(CCC#N)C3)c12. The number of fused-ring (bicyclic) bond motifs is 1. The van der Waals surface area contributed by atoms with Crippen LogP contribution in [0.1, 0.15) is 24.8 Å². The molecule has 2 aromatic carbocycles. The number of nitrogens with zero attached hydrogens (tertiary/aromatic N) is 4. The molecule has 4 rings (SSSR count). The highest BCUT2D eigenvalue weighted by Crippen LogP contribution is 2.33. The van der Waals surface area contributed by atoms with Gasteiger partial charge in [0.25, 0.3) is 0 Å². The fourth-order valence-corrected chi connectivity index (χ4v) is 4.04. The first-order valence-corrected chi connectivity index (χ1v) is 10.4. The molecule has 1 aromatic heterocycles. The van der Waals surface area contributed by atoms with Crippen LogP contribution in [0.2, 0.25) is 0 Å². The van der Waals surface area contributed by atoms with Gasteiger partial charge in [0.1, 0.15) is 29.8 Å². The lowest BCUT2D eigenvalue weighted by molar-refractivity contribution is 0.0902. The summed E-state index contributed by atoms with van der Waals surface area (Å²) < 4.78 is 20.3. The van der Waals surface area contributed by atoms with Crippen LogP contribution in [-0.4, -0.2) is 40.6 Å². The Morgan fingerprint density at radius 1 is 1.32 bits per heavy atom. The van der Waals surface area contributed by atoms with Crippen LogP contribution >= 0.6 is 0 Å². The Kier molecular flexibility index (Phi) is 6.14. The van der Waals surface area contributed by atoms with E-state index in [0.29, 0.717) is 35.9 Å². The maximum atomic E-state index is 14.1. The van der Waals surface area contributed by atoms with Crippen molar-refractivity contribution in [1.82, 2.24) is 14.9 Å². The van der Waals surface area contributed by atoms with Gasteiger partial charge in [0.05, 0.1) is 17.3 Å². The summed E-state index contributed by atoms with van der Waals surface area (Å²) >= 11 is 0. The lowest BCUT2D eigenvalue weighted by Gasteiger charge is -2.32. The third-order valence-electron chi connectivity index (χ3n) is 5.45. The van der Waals surface area contributed by atoms with Crippen molar-refractivity contribution in [2.24, 2.45) is 0 Å². The highest BCUT2D eigenvalue weighted by molar-refractivity contribution is 5.95. The van der Waals surface area contributed by atoms with Gasteiger partial charge in [-0.15, -0.1) is 0 Å². The fourth-order valence-electron chi connectivity index (χ4n) is 4.04. The molecule has 160 valence electrons. The zero-order valence-electron chi connectivity index (χ0n) is 17.4. The van der Waals surface area contributed by atoms with Crippen LogP contribution in [0.5, 0.6) is 5.75 Å². The normalized spacial score (nSPS) is 16.7. The number of aromatic nitrogens is 2. The smallest absolute Gasteiger partial charge is 0.146 e. The minimum absolute atomic E-state index is 0.0709. The van der Waals surface area contributed by atoms with Gasteiger partial charge < -0.3 is 15.8 Å². The largest absolute Gasteiger partial charge is 0.487 e. The molecule has 1 saturated heterocycles. The van der Waals surface area contributed by atoms with E-state index in [-0.39, 0.29) is 11.9 Å². The van der Waals surface area contributed by atoms with E-state index in [4.69, 9.17) is 15.7 Å². The van der Waals surface area contributed by atoms with Gasteiger partial charge in [0.15, 0.2) is 0 Å². The first kappa shape index (κ1) is 20.8. The van der Waals surface area contributed by atoms with Gasteiger partial charge in [-0.25, -0.2) is 14.4 Å². The first-order chi connectivity index (χ1) is 15.0. The van der Waals surface area contributed by atoms with Crippen molar-refractivity contribution >= 4 is 28.1 Å². The molecule has 0 unspecified atom stereocenters. The number of anilines is 3. The van der Waals surface area contributed by atoms with E-state index in [1.54, 1.807) is 12.1 Å². The summed E-state index contributed by atoms with van der Waals surface area (Å²) in [5.74, 6) is 0.680. The number of nitrogens with one attached hydrogen (secondary N) is 1. The number of aryl methyl sites for hydroxylation is 1. The molecule has 1 aliphatic rings. The van der Waals surface area contributed by atoms with Crippen molar-refractivity contribution in [2.45, 2.75) is 32.3 Å². The third kappa shape index (κ3) is 4.84. The van der Waals surface area contributed by atoms with E-state index in [1.165, 1.54) is 18.5 Å². The molecule has 0 aliphatic carbocycles. The second-order valence-electron chi connectivity index (χ2n) is 7.81. The molecule has 0 bridgehead atoms. The quantitative estimate of drug-likeness (QED) is 0.578. The van der Waals surface area contributed by atoms with E-state index in [9.17, 15) is 4.39 Å². The molecule has 0 radical (unpaired) electrons. The number of halogens is 1. The highest BCUT2D eigenvalue weighted by atomic mass is 19.1. The molecule has 0 amide bonds. The predicted octanol–water partition coefficient (Wildman–Crippen LogP) is 4.16. The van der Waals surface area contributed by atoms with Gasteiger partial charge in [0.2, 0.25) is 0 Å². The van der Waals surface area contributed by atoms with Crippen LogP contribution in [0.4, 0.5) is 21.6 Å². The summed E-state index contributed by atoms with van der Waals surface area (Å²) in [4.78, 5) is 10.9. The molecule has 3 aromatic rings. The van der Waals surface area contributed by atoms with Gasteiger partial charge in [-0.2, -0.15) is 5.26 Å². The fraction of sp³-hybridized carbons (Fsp3) is 0.348. The summed E-state index contributed by atoms with van der Waals surface area (Å²) in [6, 6.07) is 10.3. The number of benzene rings is 2. The van der Waals surface area contributed by atoms with Crippen molar-refractivity contribution in [2.75, 3.05) is 30.7 Å². The Labute approximate surface area is 180 Å². The highest BCUT2D eigenvalue weighted by Gasteiger charge is 2.22. The van der Waals surface area contributed by atoms with Crippen LogP contribution in [0, 0.1) is 24.1 Å². The molecule has 1 fully saturated rings. The Bertz CT molecular complexity index is 1130. The van der Waals surface area contributed by atoms with Crippen LogP contribution in [0.3, 0.4) is 0 Å². The first-order valence-electron chi connectivity index (χ1n) is 10.4. The second kappa shape index (κ2) is 9.14. The molecule has 8 heteroatoms. The Hall–Kier alpha value is -3.44. The average molecular weight is 420 g/mol. The Morgan fingerprint density at radius 2 is 2.19 bits per heavy atom. The number of nitriles is 1. The summed E-state index contributed by atoms with van der Waals surface area (Å²) in [7, 11) is 0. The summed E-state index contributed by atoms with van der Waals surface area (Å²) in [5.41, 5.74) is 8.90. The molecule has 0 spiro atoms. The van der Waals surface area contributed by atoms with Crippen molar-refractivity contribution < 1.29 is 9.13 Å². The van der Waals surface area contributed by atoms with E-state index in [2.05, 4.69) is 26.3 Å². The minimum Gasteiger partial charge on any atom is -0.487 e. The van der Waals surface area contributed by atoms with Crippen LogP contribution in [-0.2, 0) is 0 Å². The molecule has 3 N–H and O–H groups in total. The number of hydrogen-bond donors (Lipinski definition) is 2. The van der Waals surface area contributed by atoms with E-state index in [1.807, 2.05) is 13.0 Å². The average Bonchev–Trinajstić information content (AvgIpc) is 2.74. The lowest BCUT2D eigenvalue weighted by atomic mass is 10.1. The minimum atomic E-state index is -0.366. The predicted molar refractivity (Wildman–Crippen MR) is 119 cm³/mol. The maximum Gasteiger partial charge on any atom is 0.146 e. The molecule has 1 aliphatic heterocycles. The second-order valence-corrected chi connectivity index (χ2v) is 7.81. The molecular weight excluding hydrogens is 395 g/mol. The topological polar surface area (TPSA) is 100 Å². The molecule has 7 nitrogen and oxygen atoms in total. The summed E-state index contributed by atoms with van der Waals surface area (Å²) in [6.45, 7) is 4.34. The monoisotopic (exact) mass is 420 g/mol. The standard InChI is InChI=1S/C23H25FN6O/c1-15-10-17(26)12-20-22(15)23(28-14-27-20)29-19-6-5-16(24)11-21(19)31-18-4-2-8-30(13-18)9-3-7-25/h5-6,10-12,14,18H,2-4,8-9,13,26H2,1H3,(H,27,28,29)/t18-/m1/s1. The van der Waals surface area contributed by atoms with Crippen molar-refractivity contribution in [3.63, 3.8) is 0 Å². The van der Waals surface area contributed by atoms with Gasteiger partial charge in [0, 0.05) is 36.7 Å². The van der Waals surface area contributed by atoms with Crippen LogP contribution in [0.25, 0.3) is 10.9 Å². The molecule has 2 heterocycles. The van der Waals surface area contributed by atoms with E-state index < -0.39 is 0 Å². The Balaban J connectivity index is 1.60. The van der Waals surface area contributed by atoms with Gasteiger partial charge >= 0.3 is 0 Å². The van der Waals surface area contributed by atoms with Crippen molar-refractivity contribution in [3.05, 3.63) is 48.0 Å². The number of nitrogens with two attached hydrogens (primary N) is 1. The molecule has 31 heavy (non-hydrogen) atoms. The zero-order valence-corrected chi connectivity index (χ0v) is 17.4. The van der Waals surface area contributed by atoms with E-state index >= 15 is 0 Å². The van der Waals surface area contributed by atoms with Gasteiger partial charge in [-0.1, -0.05) is 0 Å². The lowest BCUT2D eigenvalue weighted by Crippen LogP contribution is -2.41. The molecule has 0 saturated carbocycles. The Morgan fingerprint density at radius 3 is 3.03 bits per heavy atom. The maximum absolute atomic E-state index is 14.1. The number of rotatable bonds is 6. The van der Waals surface area contributed by atoms with Crippen molar-refractivity contribution in [3.8, 4) is 11.8 Å². The zero-order chi connectivity index (χ0) is 21.8. The van der Waals surface area contributed by atoms with E-state index in [0.717, 1.165) is 42.4 Å². The summed E-state index contributed by atoms with van der Waals surface area (Å²) in [5, 5.41) is 13.0. The summed E-state index contributed by atoms with van der Waals surface area (Å²) in [6.07, 6.45) is 3.75. The number of nitrogen functional groups attached to an aromatic ring is 1. The number of likely N-dealkylation sites (tertiary alicyclic amines) is 1. The van der Waals surface area contributed by atoms with Gasteiger partial charge in [-0.05, 0) is 56.1 Å². The molecular formula is C23H25FN6O.